The van der Waals surface area contributed by atoms with Crippen LogP contribution in [0.5, 0.6) is 0 Å². The van der Waals surface area contributed by atoms with Crippen molar-refractivity contribution >= 4 is 21.6 Å². The van der Waals surface area contributed by atoms with Crippen molar-refractivity contribution in [2.24, 2.45) is 0 Å². The van der Waals surface area contributed by atoms with Crippen LogP contribution in [0, 0.1) is 11.3 Å². The number of halogens is 1. The summed E-state index contributed by atoms with van der Waals surface area (Å²) in [7, 11) is 4.28. The SMILES string of the molecule is CN(C)C1(CNc2cc(Br)cc(C#N)c2)CCC1. The van der Waals surface area contributed by atoms with Crippen LogP contribution in [0.15, 0.2) is 22.7 Å². The summed E-state index contributed by atoms with van der Waals surface area (Å²) < 4.78 is 0.941. The minimum atomic E-state index is 0.287. The minimum absolute atomic E-state index is 0.287. The van der Waals surface area contributed by atoms with Crippen LogP contribution in [0.2, 0.25) is 0 Å². The Kier molecular flexibility index (Phi) is 3.94. The maximum Gasteiger partial charge on any atom is 0.0992 e. The van der Waals surface area contributed by atoms with E-state index in [2.05, 4.69) is 46.3 Å². The summed E-state index contributed by atoms with van der Waals surface area (Å²) in [6.07, 6.45) is 3.79. The van der Waals surface area contributed by atoms with Crippen LogP contribution in [0.1, 0.15) is 24.8 Å². The average Bonchev–Trinajstić information content (AvgIpc) is 2.26. The van der Waals surface area contributed by atoms with Gasteiger partial charge in [-0.2, -0.15) is 5.26 Å². The number of nitrogens with one attached hydrogen (secondary N) is 1. The third kappa shape index (κ3) is 2.68. The third-order valence-electron chi connectivity index (χ3n) is 3.88. The number of hydrogen-bond donors (Lipinski definition) is 1. The van der Waals surface area contributed by atoms with Crippen LogP contribution in [0.4, 0.5) is 5.69 Å². The van der Waals surface area contributed by atoms with Crippen molar-refractivity contribution in [2.45, 2.75) is 24.8 Å². The van der Waals surface area contributed by atoms with E-state index < -0.39 is 0 Å². The lowest BCUT2D eigenvalue weighted by atomic mass is 9.75. The molecular formula is C14H18BrN3. The van der Waals surface area contributed by atoms with Gasteiger partial charge in [-0.25, -0.2) is 0 Å². The van der Waals surface area contributed by atoms with E-state index in [0.29, 0.717) is 5.56 Å². The number of rotatable bonds is 4. The average molecular weight is 308 g/mol. The second-order valence-corrected chi connectivity index (χ2v) is 6.08. The van der Waals surface area contributed by atoms with E-state index in [9.17, 15) is 0 Å². The fraction of sp³-hybridized carbons (Fsp3) is 0.500. The van der Waals surface area contributed by atoms with Crippen molar-refractivity contribution in [3.05, 3.63) is 28.2 Å². The molecule has 0 atom stereocenters. The first-order valence-corrected chi connectivity index (χ1v) is 6.97. The van der Waals surface area contributed by atoms with Gasteiger partial charge in [-0.1, -0.05) is 15.9 Å². The number of nitriles is 1. The van der Waals surface area contributed by atoms with E-state index in [4.69, 9.17) is 5.26 Å². The lowest BCUT2D eigenvalue weighted by Crippen LogP contribution is -2.54. The summed E-state index contributed by atoms with van der Waals surface area (Å²) in [4.78, 5) is 2.31. The lowest BCUT2D eigenvalue weighted by molar-refractivity contribution is 0.0739. The Labute approximate surface area is 117 Å². The molecular weight excluding hydrogens is 290 g/mol. The standard InChI is InChI=1S/C14H18BrN3/c1-18(2)14(4-3-5-14)10-17-13-7-11(9-16)6-12(15)8-13/h6-8,17H,3-5,10H2,1-2H3. The zero-order chi connectivity index (χ0) is 13.2. The fourth-order valence-corrected chi connectivity index (χ4v) is 2.88. The van der Waals surface area contributed by atoms with Gasteiger partial charge >= 0.3 is 0 Å². The van der Waals surface area contributed by atoms with Gasteiger partial charge < -0.3 is 10.2 Å². The first-order chi connectivity index (χ1) is 8.55. The normalized spacial score (nSPS) is 17.1. The maximum atomic E-state index is 8.95. The molecule has 0 aliphatic heterocycles. The predicted octanol–water partition coefficient (Wildman–Crippen LogP) is 3.22. The zero-order valence-electron chi connectivity index (χ0n) is 10.8. The van der Waals surface area contributed by atoms with Gasteiger partial charge in [-0.15, -0.1) is 0 Å². The van der Waals surface area contributed by atoms with Crippen LogP contribution >= 0.6 is 15.9 Å². The molecule has 0 unspecified atom stereocenters. The number of likely N-dealkylation sites (N-methyl/N-ethyl adjacent to an activating group) is 1. The summed E-state index contributed by atoms with van der Waals surface area (Å²) in [6, 6.07) is 7.92. The van der Waals surface area contributed by atoms with Gasteiger partial charge in [0.1, 0.15) is 0 Å². The molecule has 0 aromatic heterocycles. The predicted molar refractivity (Wildman–Crippen MR) is 77.6 cm³/mol. The van der Waals surface area contributed by atoms with Crippen molar-refractivity contribution < 1.29 is 0 Å². The second-order valence-electron chi connectivity index (χ2n) is 5.17. The van der Waals surface area contributed by atoms with Gasteiger partial charge in [0.2, 0.25) is 0 Å². The van der Waals surface area contributed by atoms with E-state index in [1.165, 1.54) is 19.3 Å². The molecule has 1 N–H and O–H groups in total. The second kappa shape index (κ2) is 5.29. The highest BCUT2D eigenvalue weighted by molar-refractivity contribution is 9.10. The maximum absolute atomic E-state index is 8.95. The summed E-state index contributed by atoms with van der Waals surface area (Å²) in [5.74, 6) is 0. The molecule has 1 aromatic rings. The van der Waals surface area contributed by atoms with Gasteiger partial charge in [0.05, 0.1) is 11.6 Å². The summed E-state index contributed by atoms with van der Waals surface area (Å²) in [6.45, 7) is 0.932. The van der Waals surface area contributed by atoms with E-state index in [0.717, 1.165) is 16.7 Å². The highest BCUT2D eigenvalue weighted by Gasteiger charge is 2.38. The fourth-order valence-electron chi connectivity index (χ4n) is 2.39. The molecule has 0 spiro atoms. The first kappa shape index (κ1) is 13.4. The molecule has 0 bridgehead atoms. The lowest BCUT2D eigenvalue weighted by Gasteiger charge is -2.47. The molecule has 2 rings (SSSR count). The molecule has 0 heterocycles. The van der Waals surface area contributed by atoms with Crippen LogP contribution in [-0.2, 0) is 0 Å². The molecule has 1 aliphatic carbocycles. The molecule has 0 radical (unpaired) electrons. The summed E-state index contributed by atoms with van der Waals surface area (Å²) in [5.41, 5.74) is 1.98. The molecule has 4 heteroatoms. The van der Waals surface area contributed by atoms with Crippen molar-refractivity contribution in [1.29, 1.82) is 5.26 Å². The number of hydrogen-bond acceptors (Lipinski definition) is 3. The highest BCUT2D eigenvalue weighted by atomic mass is 79.9. The number of benzene rings is 1. The largest absolute Gasteiger partial charge is 0.383 e. The van der Waals surface area contributed by atoms with E-state index in [-0.39, 0.29) is 5.54 Å². The molecule has 96 valence electrons. The van der Waals surface area contributed by atoms with Crippen LogP contribution in [-0.4, -0.2) is 31.1 Å². The Bertz CT molecular complexity index is 472. The molecule has 1 saturated carbocycles. The summed E-state index contributed by atoms with van der Waals surface area (Å²) >= 11 is 3.43. The van der Waals surface area contributed by atoms with Crippen molar-refractivity contribution in [3.63, 3.8) is 0 Å². The quantitative estimate of drug-likeness (QED) is 0.928. The molecule has 0 saturated heterocycles. The Morgan fingerprint density at radius 3 is 2.61 bits per heavy atom. The molecule has 1 aliphatic rings. The highest BCUT2D eigenvalue weighted by Crippen LogP contribution is 2.36. The van der Waals surface area contributed by atoms with Crippen LogP contribution in [0.25, 0.3) is 0 Å². The van der Waals surface area contributed by atoms with Crippen LogP contribution in [0.3, 0.4) is 0 Å². The smallest absolute Gasteiger partial charge is 0.0992 e. The van der Waals surface area contributed by atoms with Gasteiger partial charge in [-0.05, 0) is 51.6 Å². The van der Waals surface area contributed by atoms with Crippen molar-refractivity contribution in [2.75, 3.05) is 26.0 Å². The van der Waals surface area contributed by atoms with Gasteiger partial charge in [0, 0.05) is 22.2 Å². The van der Waals surface area contributed by atoms with Gasteiger partial charge in [-0.3, -0.25) is 0 Å². The minimum Gasteiger partial charge on any atom is -0.383 e. The monoisotopic (exact) mass is 307 g/mol. The van der Waals surface area contributed by atoms with Crippen molar-refractivity contribution in [1.82, 2.24) is 4.90 Å². The molecule has 1 aromatic carbocycles. The molecule has 1 fully saturated rings. The number of nitrogens with zero attached hydrogens (tertiary/aromatic N) is 2. The zero-order valence-corrected chi connectivity index (χ0v) is 12.4. The molecule has 0 amide bonds. The van der Waals surface area contributed by atoms with Gasteiger partial charge in [0.25, 0.3) is 0 Å². The van der Waals surface area contributed by atoms with E-state index >= 15 is 0 Å². The first-order valence-electron chi connectivity index (χ1n) is 6.18. The summed E-state index contributed by atoms with van der Waals surface area (Å²) in [5, 5.41) is 12.4. The Hall–Kier alpha value is -1.05. The van der Waals surface area contributed by atoms with E-state index in [1.54, 1.807) is 0 Å². The molecule has 18 heavy (non-hydrogen) atoms. The van der Waals surface area contributed by atoms with Crippen LogP contribution < -0.4 is 5.32 Å². The Balaban J connectivity index is 2.06. The third-order valence-corrected chi connectivity index (χ3v) is 4.34. The number of anilines is 1. The Morgan fingerprint density at radius 1 is 1.39 bits per heavy atom. The Morgan fingerprint density at radius 2 is 2.11 bits per heavy atom. The molecule has 3 nitrogen and oxygen atoms in total. The van der Waals surface area contributed by atoms with Crippen molar-refractivity contribution in [3.8, 4) is 6.07 Å². The van der Waals surface area contributed by atoms with E-state index in [1.807, 2.05) is 18.2 Å². The topological polar surface area (TPSA) is 39.1 Å². The van der Waals surface area contributed by atoms with Gasteiger partial charge in [0.15, 0.2) is 0 Å².